The second-order valence-corrected chi connectivity index (χ2v) is 9.68. The molecule has 3 N–H and O–H groups in total. The van der Waals surface area contributed by atoms with Crippen molar-refractivity contribution in [2.75, 3.05) is 5.73 Å². The molecule has 0 radical (unpaired) electrons. The van der Waals surface area contributed by atoms with E-state index in [4.69, 9.17) is 17.3 Å². The number of aromatic nitrogens is 3. The number of benzene rings is 1. The molecule has 0 amide bonds. The second-order valence-electron chi connectivity index (χ2n) is 7.22. The second kappa shape index (κ2) is 7.54. The minimum Gasteiger partial charge on any atom is -0.481 e. The number of halogens is 1. The third-order valence-corrected chi connectivity index (χ3v) is 7.43. The molecule has 4 aromatic rings. The number of anilines is 1. The Labute approximate surface area is 185 Å². The average molecular weight is 457 g/mol. The van der Waals surface area contributed by atoms with E-state index < -0.39 is 5.97 Å². The average Bonchev–Trinajstić information content (AvgIpc) is 3.40. The smallest absolute Gasteiger partial charge is 0.307 e. The molecule has 152 valence electrons. The van der Waals surface area contributed by atoms with E-state index in [9.17, 15) is 9.90 Å². The summed E-state index contributed by atoms with van der Waals surface area (Å²) in [6.45, 7) is 0.643. The van der Waals surface area contributed by atoms with Gasteiger partial charge in [-0.2, -0.15) is 0 Å². The molecular weight excluding hydrogens is 440 g/mol. The number of hydrogen-bond donors (Lipinski definition) is 2. The summed E-state index contributed by atoms with van der Waals surface area (Å²) in [7, 11) is 0. The van der Waals surface area contributed by atoms with Crippen LogP contribution in [0.4, 0.5) is 5.13 Å². The SMILES string of the molecule is Nc1nnc(-c2ccc3c(CC(=O)O)cn(Cc4csc5c4C=C(Cl)CC5)c3c2)s1. The van der Waals surface area contributed by atoms with Gasteiger partial charge in [0.2, 0.25) is 5.13 Å². The molecule has 1 aliphatic rings. The van der Waals surface area contributed by atoms with Crippen molar-refractivity contribution >= 4 is 62.4 Å². The number of aliphatic carboxylic acids is 1. The lowest BCUT2D eigenvalue weighted by Gasteiger charge is -2.11. The number of thiophene rings is 1. The predicted octanol–water partition coefficient (Wildman–Crippen LogP) is 5.00. The fourth-order valence-electron chi connectivity index (χ4n) is 3.87. The van der Waals surface area contributed by atoms with Gasteiger partial charge in [-0.3, -0.25) is 4.79 Å². The van der Waals surface area contributed by atoms with Crippen LogP contribution in [0.5, 0.6) is 0 Å². The molecule has 3 aromatic heterocycles. The van der Waals surface area contributed by atoms with E-state index in [-0.39, 0.29) is 6.42 Å². The number of carboxylic acid groups (broad SMARTS) is 1. The Morgan fingerprint density at radius 1 is 1.27 bits per heavy atom. The highest BCUT2D eigenvalue weighted by atomic mass is 35.5. The van der Waals surface area contributed by atoms with Gasteiger partial charge in [0.1, 0.15) is 5.01 Å². The molecule has 1 aromatic carbocycles. The largest absolute Gasteiger partial charge is 0.481 e. The van der Waals surface area contributed by atoms with E-state index in [0.29, 0.717) is 11.7 Å². The van der Waals surface area contributed by atoms with Gasteiger partial charge in [0.05, 0.1) is 6.42 Å². The Morgan fingerprint density at radius 2 is 2.13 bits per heavy atom. The number of carboxylic acids is 1. The van der Waals surface area contributed by atoms with Gasteiger partial charge < -0.3 is 15.4 Å². The Kier molecular flexibility index (Phi) is 4.85. The third kappa shape index (κ3) is 3.51. The molecule has 0 unspecified atom stereocenters. The molecule has 9 heteroatoms. The highest BCUT2D eigenvalue weighted by molar-refractivity contribution is 7.18. The van der Waals surface area contributed by atoms with Gasteiger partial charge in [-0.15, -0.1) is 21.5 Å². The first kappa shape index (κ1) is 19.3. The lowest BCUT2D eigenvalue weighted by molar-refractivity contribution is -0.136. The number of rotatable bonds is 5. The van der Waals surface area contributed by atoms with Gasteiger partial charge >= 0.3 is 5.97 Å². The zero-order valence-corrected chi connectivity index (χ0v) is 18.2. The van der Waals surface area contributed by atoms with Crippen molar-refractivity contribution in [3.63, 3.8) is 0 Å². The maximum Gasteiger partial charge on any atom is 0.307 e. The number of nitrogens with zero attached hydrogens (tertiary/aromatic N) is 3. The van der Waals surface area contributed by atoms with Crippen LogP contribution in [0.15, 0.2) is 34.8 Å². The van der Waals surface area contributed by atoms with Crippen molar-refractivity contribution in [3.8, 4) is 10.6 Å². The van der Waals surface area contributed by atoms with Crippen LogP contribution in [0.3, 0.4) is 0 Å². The molecule has 0 aliphatic heterocycles. The summed E-state index contributed by atoms with van der Waals surface area (Å²) in [4.78, 5) is 12.7. The van der Waals surface area contributed by atoms with Crippen molar-refractivity contribution in [3.05, 3.63) is 56.4 Å². The van der Waals surface area contributed by atoms with Crippen LogP contribution in [0, 0.1) is 0 Å². The van der Waals surface area contributed by atoms with Gasteiger partial charge in [-0.1, -0.05) is 35.1 Å². The molecular formula is C21H17ClN4O2S2. The molecule has 30 heavy (non-hydrogen) atoms. The molecule has 0 spiro atoms. The zero-order valence-electron chi connectivity index (χ0n) is 15.8. The van der Waals surface area contributed by atoms with E-state index >= 15 is 0 Å². The maximum atomic E-state index is 11.4. The van der Waals surface area contributed by atoms with Crippen LogP contribution in [-0.2, 0) is 24.2 Å². The van der Waals surface area contributed by atoms with Crippen molar-refractivity contribution in [1.29, 1.82) is 0 Å². The van der Waals surface area contributed by atoms with E-state index in [1.807, 2.05) is 24.4 Å². The Hall–Kier alpha value is -2.68. The predicted molar refractivity (Wildman–Crippen MR) is 122 cm³/mol. The topological polar surface area (TPSA) is 94.0 Å². The molecule has 3 heterocycles. The first-order valence-corrected chi connectivity index (χ1v) is 11.4. The van der Waals surface area contributed by atoms with E-state index in [0.717, 1.165) is 44.9 Å². The van der Waals surface area contributed by atoms with Crippen LogP contribution in [-0.4, -0.2) is 25.8 Å². The molecule has 0 atom stereocenters. The number of aryl methyl sites for hydroxylation is 1. The molecule has 0 fully saturated rings. The highest BCUT2D eigenvalue weighted by Crippen LogP contribution is 2.35. The first-order valence-electron chi connectivity index (χ1n) is 9.36. The van der Waals surface area contributed by atoms with Crippen molar-refractivity contribution in [2.45, 2.75) is 25.8 Å². The summed E-state index contributed by atoms with van der Waals surface area (Å²) in [5.74, 6) is -0.849. The number of nitrogen functional groups attached to an aromatic ring is 1. The molecule has 6 nitrogen and oxygen atoms in total. The molecule has 1 aliphatic carbocycles. The fourth-order valence-corrected chi connectivity index (χ4v) is 5.70. The number of carbonyl (C=O) groups is 1. The minimum atomic E-state index is -0.849. The Balaban J connectivity index is 1.61. The van der Waals surface area contributed by atoms with E-state index in [1.54, 1.807) is 11.3 Å². The lowest BCUT2D eigenvalue weighted by atomic mass is 10.0. The van der Waals surface area contributed by atoms with Crippen molar-refractivity contribution in [2.24, 2.45) is 0 Å². The van der Waals surface area contributed by atoms with Crippen LogP contribution >= 0.6 is 34.3 Å². The lowest BCUT2D eigenvalue weighted by Crippen LogP contribution is -2.02. The molecule has 5 rings (SSSR count). The van der Waals surface area contributed by atoms with Crippen LogP contribution in [0.25, 0.3) is 27.6 Å². The molecule has 0 bridgehead atoms. The first-order chi connectivity index (χ1) is 14.5. The number of fused-ring (bicyclic) bond motifs is 2. The number of hydrogen-bond acceptors (Lipinski definition) is 6. The van der Waals surface area contributed by atoms with Crippen molar-refractivity contribution < 1.29 is 9.90 Å². The summed E-state index contributed by atoms with van der Waals surface area (Å²) in [6.07, 6.45) is 5.83. The summed E-state index contributed by atoms with van der Waals surface area (Å²) < 4.78 is 2.11. The minimum absolute atomic E-state index is 0.0257. The molecule has 0 saturated carbocycles. The normalized spacial score (nSPS) is 13.4. The maximum absolute atomic E-state index is 11.4. The van der Waals surface area contributed by atoms with Crippen LogP contribution < -0.4 is 5.73 Å². The standard InChI is InChI=1S/C21H17ClN4O2S2/c22-14-2-4-18-16(7-14)13(10-29-18)9-26-8-12(6-19(27)28)15-3-1-11(5-17(15)26)20-24-25-21(23)30-20/h1,3,5,7-8,10H,2,4,6,9H2,(H2,23,25)(H,27,28). The molecule has 0 saturated heterocycles. The highest BCUT2D eigenvalue weighted by Gasteiger charge is 2.18. The quantitative estimate of drug-likeness (QED) is 0.440. The zero-order chi connectivity index (χ0) is 20.8. The van der Waals surface area contributed by atoms with Gasteiger partial charge in [0.25, 0.3) is 0 Å². The monoisotopic (exact) mass is 456 g/mol. The van der Waals surface area contributed by atoms with Crippen LogP contribution in [0.2, 0.25) is 0 Å². The fraction of sp³-hybridized carbons (Fsp3) is 0.190. The third-order valence-electron chi connectivity index (χ3n) is 5.22. The van der Waals surface area contributed by atoms with E-state index in [1.165, 1.54) is 27.3 Å². The van der Waals surface area contributed by atoms with Gasteiger partial charge in [-0.05, 0) is 47.1 Å². The summed E-state index contributed by atoms with van der Waals surface area (Å²) in [5, 5.41) is 22.5. The van der Waals surface area contributed by atoms with E-state index in [2.05, 4.69) is 26.2 Å². The van der Waals surface area contributed by atoms with Gasteiger partial charge in [0.15, 0.2) is 0 Å². The summed E-state index contributed by atoms with van der Waals surface area (Å²) >= 11 is 9.38. The van der Waals surface area contributed by atoms with Gasteiger partial charge in [0, 0.05) is 39.1 Å². The number of nitrogens with two attached hydrogens (primary N) is 1. The van der Waals surface area contributed by atoms with Crippen LogP contribution in [0.1, 0.15) is 28.0 Å². The summed E-state index contributed by atoms with van der Waals surface area (Å²) in [5.41, 5.74) is 10.8. The van der Waals surface area contributed by atoms with Gasteiger partial charge in [-0.25, -0.2) is 0 Å². The Bertz CT molecular complexity index is 1320. The Morgan fingerprint density at radius 3 is 2.90 bits per heavy atom. The van der Waals surface area contributed by atoms with Crippen molar-refractivity contribution in [1.82, 2.24) is 14.8 Å². The number of allylic oxidation sites excluding steroid dienone is 1. The summed E-state index contributed by atoms with van der Waals surface area (Å²) in [6, 6.07) is 5.92.